The van der Waals surface area contributed by atoms with E-state index in [1.807, 2.05) is 37.3 Å². The molecule has 0 aliphatic carbocycles. The van der Waals surface area contributed by atoms with Crippen LogP contribution in [0.15, 0.2) is 60.8 Å². The lowest BCUT2D eigenvalue weighted by molar-refractivity contribution is 0.0920. The van der Waals surface area contributed by atoms with Gasteiger partial charge in [-0.3, -0.25) is 4.79 Å². The van der Waals surface area contributed by atoms with Gasteiger partial charge in [-0.1, -0.05) is 0 Å². The van der Waals surface area contributed by atoms with Crippen molar-refractivity contribution in [2.75, 3.05) is 20.8 Å². The number of carbonyl (C=O) groups excluding carboxylic acids is 1. The van der Waals surface area contributed by atoms with Crippen molar-refractivity contribution in [3.8, 4) is 28.6 Å². The molecule has 2 aromatic heterocycles. The van der Waals surface area contributed by atoms with Crippen LogP contribution in [0.2, 0.25) is 0 Å². The lowest BCUT2D eigenvalue weighted by atomic mass is 10.2. The fourth-order valence-electron chi connectivity index (χ4n) is 3.27. The van der Waals surface area contributed by atoms with Crippen LogP contribution in [0.3, 0.4) is 0 Å². The minimum Gasteiger partial charge on any atom is -0.488 e. The van der Waals surface area contributed by atoms with Crippen molar-refractivity contribution in [1.29, 1.82) is 0 Å². The van der Waals surface area contributed by atoms with Crippen LogP contribution < -0.4 is 14.8 Å². The molecule has 2 heterocycles. The number of carbonyl (C=O) groups is 1. The number of aromatic nitrogens is 3. The summed E-state index contributed by atoms with van der Waals surface area (Å²) in [6, 6.07) is 16.2. The van der Waals surface area contributed by atoms with Gasteiger partial charge in [0.1, 0.15) is 34.7 Å². The van der Waals surface area contributed by atoms with E-state index in [1.165, 1.54) is 0 Å². The average Bonchev–Trinajstić information content (AvgIpc) is 3.23. The van der Waals surface area contributed by atoms with Gasteiger partial charge in [-0.15, -0.1) is 0 Å². The maximum Gasteiger partial charge on any atom is 0.251 e. The maximum atomic E-state index is 11.8. The van der Waals surface area contributed by atoms with Gasteiger partial charge in [0.05, 0.1) is 6.61 Å². The minimum absolute atomic E-state index is 0.146. The highest BCUT2D eigenvalue weighted by atomic mass is 16.5. The second kappa shape index (κ2) is 9.49. The number of nitrogens with one attached hydrogen (secondary N) is 2. The Hall–Kier alpha value is -3.91. The standard InChI is InChI=1S/C24H24N4O4/c1-15(14-30-3)31-19-11-17(22-27-21-5-4-10-26-23(21)28-22)12-20(13-19)32-18-8-6-16(7-9-18)24(29)25-2/h4-13,15H,14H2,1-3H3,(H,25,29)(H,26,27,28)/t15-/m0/s1. The molecular weight excluding hydrogens is 408 g/mol. The summed E-state index contributed by atoms with van der Waals surface area (Å²) in [7, 11) is 3.23. The van der Waals surface area contributed by atoms with Gasteiger partial charge in [0.15, 0.2) is 5.65 Å². The maximum absolute atomic E-state index is 11.8. The number of hydrogen-bond acceptors (Lipinski definition) is 6. The van der Waals surface area contributed by atoms with Gasteiger partial charge in [-0.05, 0) is 55.5 Å². The third-order valence-electron chi connectivity index (χ3n) is 4.73. The van der Waals surface area contributed by atoms with Crippen LogP contribution in [0.5, 0.6) is 17.2 Å². The van der Waals surface area contributed by atoms with Crippen molar-refractivity contribution in [3.05, 3.63) is 66.4 Å². The van der Waals surface area contributed by atoms with Crippen LogP contribution in [0.4, 0.5) is 0 Å². The molecular formula is C24H24N4O4. The second-order valence-electron chi connectivity index (χ2n) is 7.24. The first kappa shape index (κ1) is 21.3. The summed E-state index contributed by atoms with van der Waals surface area (Å²) in [5.74, 6) is 2.29. The minimum atomic E-state index is -0.153. The predicted molar refractivity (Wildman–Crippen MR) is 121 cm³/mol. The molecule has 0 aliphatic rings. The fraction of sp³-hybridized carbons (Fsp3) is 0.208. The van der Waals surface area contributed by atoms with Crippen LogP contribution in [0, 0.1) is 0 Å². The van der Waals surface area contributed by atoms with Gasteiger partial charge < -0.3 is 24.5 Å². The van der Waals surface area contributed by atoms with Crippen LogP contribution in [-0.2, 0) is 4.74 Å². The van der Waals surface area contributed by atoms with Crippen LogP contribution in [0.1, 0.15) is 17.3 Å². The summed E-state index contributed by atoms with van der Waals surface area (Å²) in [6.07, 6.45) is 1.57. The Kier molecular flexibility index (Phi) is 6.32. The number of benzene rings is 2. The van der Waals surface area contributed by atoms with Crippen molar-refractivity contribution in [1.82, 2.24) is 20.3 Å². The zero-order valence-corrected chi connectivity index (χ0v) is 18.1. The quantitative estimate of drug-likeness (QED) is 0.433. The summed E-state index contributed by atoms with van der Waals surface area (Å²) in [4.78, 5) is 23.9. The Morgan fingerprint density at radius 3 is 2.59 bits per heavy atom. The zero-order valence-electron chi connectivity index (χ0n) is 18.1. The van der Waals surface area contributed by atoms with Crippen LogP contribution in [-0.4, -0.2) is 47.7 Å². The summed E-state index contributed by atoms with van der Waals surface area (Å²) in [5, 5.41) is 2.60. The molecule has 32 heavy (non-hydrogen) atoms. The molecule has 0 radical (unpaired) electrons. The number of pyridine rings is 1. The third kappa shape index (κ3) is 4.87. The number of methoxy groups -OCH3 is 1. The van der Waals surface area contributed by atoms with E-state index < -0.39 is 0 Å². The van der Waals surface area contributed by atoms with E-state index in [-0.39, 0.29) is 12.0 Å². The van der Waals surface area contributed by atoms with Crippen molar-refractivity contribution in [2.45, 2.75) is 13.0 Å². The van der Waals surface area contributed by atoms with Gasteiger partial charge >= 0.3 is 0 Å². The summed E-state index contributed by atoms with van der Waals surface area (Å²) in [6.45, 7) is 2.38. The Balaban J connectivity index is 1.67. The molecule has 0 saturated heterocycles. The highest BCUT2D eigenvalue weighted by Gasteiger charge is 2.13. The number of amides is 1. The Morgan fingerprint density at radius 1 is 1.09 bits per heavy atom. The van der Waals surface area contributed by atoms with Gasteiger partial charge in [0.25, 0.3) is 5.91 Å². The second-order valence-corrected chi connectivity index (χ2v) is 7.24. The summed E-state index contributed by atoms with van der Waals surface area (Å²) >= 11 is 0. The third-order valence-corrected chi connectivity index (χ3v) is 4.73. The van der Waals surface area contributed by atoms with Crippen molar-refractivity contribution in [3.63, 3.8) is 0 Å². The normalized spacial score (nSPS) is 11.8. The van der Waals surface area contributed by atoms with Crippen molar-refractivity contribution in [2.24, 2.45) is 0 Å². The Morgan fingerprint density at radius 2 is 1.88 bits per heavy atom. The molecule has 4 rings (SSSR count). The van der Waals surface area contributed by atoms with E-state index in [2.05, 4.69) is 20.3 Å². The molecule has 8 heteroatoms. The highest BCUT2D eigenvalue weighted by Crippen LogP contribution is 2.32. The number of hydrogen-bond donors (Lipinski definition) is 2. The smallest absolute Gasteiger partial charge is 0.251 e. The number of nitrogens with zero attached hydrogens (tertiary/aromatic N) is 2. The van der Waals surface area contributed by atoms with Gasteiger partial charge in [0.2, 0.25) is 0 Å². The summed E-state index contributed by atoms with van der Waals surface area (Å²) < 4.78 is 17.3. The molecule has 0 bridgehead atoms. The monoisotopic (exact) mass is 432 g/mol. The average molecular weight is 432 g/mol. The SMILES string of the molecule is CNC(=O)c1ccc(Oc2cc(O[C@@H](C)COC)cc(-c3nc4cccnc4[nH]3)c2)cc1. The largest absolute Gasteiger partial charge is 0.488 e. The van der Waals surface area contributed by atoms with Crippen molar-refractivity contribution < 1.29 is 19.0 Å². The van der Waals surface area contributed by atoms with Crippen molar-refractivity contribution >= 4 is 17.1 Å². The van der Waals surface area contributed by atoms with Crippen LogP contribution >= 0.6 is 0 Å². The van der Waals surface area contributed by atoms with Gasteiger partial charge in [-0.2, -0.15) is 0 Å². The highest BCUT2D eigenvalue weighted by molar-refractivity contribution is 5.94. The molecule has 164 valence electrons. The Labute approximate surface area is 185 Å². The van der Waals surface area contributed by atoms with E-state index >= 15 is 0 Å². The lowest BCUT2D eigenvalue weighted by Gasteiger charge is -2.16. The molecule has 0 unspecified atom stereocenters. The lowest BCUT2D eigenvalue weighted by Crippen LogP contribution is -2.18. The molecule has 1 amide bonds. The number of ether oxygens (including phenoxy) is 3. The topological polar surface area (TPSA) is 98.4 Å². The van der Waals surface area contributed by atoms with Gasteiger partial charge in [0, 0.05) is 37.5 Å². The zero-order chi connectivity index (χ0) is 22.5. The van der Waals surface area contributed by atoms with E-state index in [0.717, 1.165) is 11.1 Å². The van der Waals surface area contributed by atoms with E-state index in [1.54, 1.807) is 44.6 Å². The molecule has 8 nitrogen and oxygen atoms in total. The molecule has 4 aromatic rings. The number of H-pyrrole nitrogens is 1. The number of fused-ring (bicyclic) bond motifs is 1. The van der Waals surface area contributed by atoms with Crippen LogP contribution in [0.25, 0.3) is 22.6 Å². The molecule has 2 aromatic carbocycles. The van der Waals surface area contributed by atoms with E-state index in [0.29, 0.717) is 40.9 Å². The fourth-order valence-corrected chi connectivity index (χ4v) is 3.27. The molecule has 0 saturated carbocycles. The first-order valence-corrected chi connectivity index (χ1v) is 10.2. The first-order valence-electron chi connectivity index (χ1n) is 10.2. The molecule has 0 fully saturated rings. The molecule has 1 atom stereocenters. The first-order chi connectivity index (χ1) is 15.6. The number of imidazole rings is 1. The Bertz CT molecular complexity index is 1190. The molecule has 2 N–H and O–H groups in total. The van der Waals surface area contributed by atoms with Gasteiger partial charge in [-0.25, -0.2) is 9.97 Å². The number of aromatic amines is 1. The molecule has 0 aliphatic heterocycles. The molecule has 0 spiro atoms. The van der Waals surface area contributed by atoms with E-state index in [4.69, 9.17) is 14.2 Å². The van der Waals surface area contributed by atoms with E-state index in [9.17, 15) is 4.79 Å². The number of rotatable bonds is 8. The summed E-state index contributed by atoms with van der Waals surface area (Å²) in [5.41, 5.74) is 2.82. The predicted octanol–water partition coefficient (Wildman–Crippen LogP) is 4.19.